The van der Waals surface area contributed by atoms with Crippen LogP contribution in [0.4, 0.5) is 5.69 Å². The maximum absolute atomic E-state index is 12.0. The molecule has 0 spiro atoms. The first-order valence-electron chi connectivity index (χ1n) is 6.79. The molecular weight excluding hydrogens is 290 g/mol. The van der Waals surface area contributed by atoms with Gasteiger partial charge in [-0.15, -0.1) is 0 Å². The smallest absolute Gasteiger partial charge is 0.242 e. The van der Waals surface area contributed by atoms with Crippen molar-refractivity contribution in [3.8, 4) is 0 Å². The van der Waals surface area contributed by atoms with Crippen LogP contribution < -0.4 is 11.1 Å². The van der Waals surface area contributed by atoms with E-state index in [9.17, 15) is 13.2 Å². The molecule has 21 heavy (non-hydrogen) atoms. The quantitative estimate of drug-likeness (QED) is 0.826. The van der Waals surface area contributed by atoms with Crippen molar-refractivity contribution in [1.82, 2.24) is 4.31 Å². The number of hydrogen-bond donors (Lipinski definition) is 2. The summed E-state index contributed by atoms with van der Waals surface area (Å²) in [7, 11) is -0.610. The molecule has 3 N–H and O–H groups in total. The Bertz CT molecular complexity index is 599. The highest BCUT2D eigenvalue weighted by Gasteiger charge is 2.21. The molecule has 1 rings (SSSR count). The van der Waals surface area contributed by atoms with Crippen LogP contribution in [0.15, 0.2) is 29.2 Å². The van der Waals surface area contributed by atoms with Gasteiger partial charge in [-0.25, -0.2) is 12.7 Å². The lowest BCUT2D eigenvalue weighted by Gasteiger charge is -2.18. The molecule has 0 fully saturated rings. The molecule has 0 aromatic heterocycles. The van der Waals surface area contributed by atoms with Crippen molar-refractivity contribution >= 4 is 21.6 Å². The number of nitrogens with zero attached hydrogens (tertiary/aromatic N) is 1. The zero-order valence-corrected chi connectivity index (χ0v) is 13.6. The first-order valence-corrected chi connectivity index (χ1v) is 8.23. The summed E-state index contributed by atoms with van der Waals surface area (Å²) in [5.74, 6) is -0.262. The second-order valence-corrected chi connectivity index (χ2v) is 7.37. The molecule has 0 aliphatic rings. The van der Waals surface area contributed by atoms with E-state index in [2.05, 4.69) is 5.32 Å². The summed E-state index contributed by atoms with van der Waals surface area (Å²) < 4.78 is 25.2. The maximum Gasteiger partial charge on any atom is 0.242 e. The normalized spacial score (nSPS) is 14.8. The number of benzene rings is 1. The summed E-state index contributed by atoms with van der Waals surface area (Å²) in [6, 6.07) is 5.51. The van der Waals surface area contributed by atoms with Gasteiger partial charge < -0.3 is 11.1 Å². The highest BCUT2D eigenvalue weighted by molar-refractivity contribution is 7.89. The monoisotopic (exact) mass is 313 g/mol. The molecule has 0 saturated heterocycles. The number of hydrogen-bond acceptors (Lipinski definition) is 4. The number of nitrogens with two attached hydrogens (primary N) is 1. The van der Waals surface area contributed by atoms with Crippen molar-refractivity contribution in [3.63, 3.8) is 0 Å². The largest absolute Gasteiger partial charge is 0.325 e. The highest BCUT2D eigenvalue weighted by Crippen LogP contribution is 2.18. The number of sulfonamides is 1. The van der Waals surface area contributed by atoms with Gasteiger partial charge in [0, 0.05) is 19.8 Å². The van der Waals surface area contributed by atoms with Crippen LogP contribution in [0.5, 0.6) is 0 Å². The van der Waals surface area contributed by atoms with E-state index < -0.39 is 16.1 Å². The van der Waals surface area contributed by atoms with Crippen LogP contribution in [-0.2, 0) is 14.8 Å². The number of anilines is 1. The first-order chi connectivity index (χ1) is 9.70. The third-order valence-corrected chi connectivity index (χ3v) is 5.25. The van der Waals surface area contributed by atoms with Gasteiger partial charge in [0.1, 0.15) is 0 Å². The van der Waals surface area contributed by atoms with E-state index in [1.807, 2.05) is 13.8 Å². The number of carbonyl (C=O) groups excluding carboxylic acids is 1. The summed E-state index contributed by atoms with van der Waals surface area (Å²) in [6.07, 6.45) is 0.795. The highest BCUT2D eigenvalue weighted by atomic mass is 32.2. The number of amides is 1. The number of nitrogens with one attached hydrogen (secondary N) is 1. The summed E-state index contributed by atoms with van der Waals surface area (Å²) >= 11 is 0. The minimum Gasteiger partial charge on any atom is -0.325 e. The second-order valence-electron chi connectivity index (χ2n) is 5.22. The fourth-order valence-electron chi connectivity index (χ4n) is 1.68. The number of rotatable bonds is 6. The molecule has 0 aliphatic heterocycles. The van der Waals surface area contributed by atoms with Gasteiger partial charge in [0.25, 0.3) is 0 Å². The van der Waals surface area contributed by atoms with Gasteiger partial charge in [0.2, 0.25) is 15.9 Å². The topological polar surface area (TPSA) is 92.5 Å². The van der Waals surface area contributed by atoms with Crippen molar-refractivity contribution in [3.05, 3.63) is 24.3 Å². The van der Waals surface area contributed by atoms with Crippen LogP contribution in [0.1, 0.15) is 20.3 Å². The second kappa shape index (κ2) is 7.02. The summed E-state index contributed by atoms with van der Waals surface area (Å²) in [5, 5.41) is 2.66. The molecule has 1 amide bonds. The Hall–Kier alpha value is -1.44. The van der Waals surface area contributed by atoms with Gasteiger partial charge in [0.05, 0.1) is 10.9 Å². The van der Waals surface area contributed by atoms with Crippen LogP contribution in [0.2, 0.25) is 0 Å². The molecule has 6 nitrogen and oxygen atoms in total. The molecule has 0 radical (unpaired) electrons. The van der Waals surface area contributed by atoms with E-state index in [4.69, 9.17) is 5.73 Å². The van der Waals surface area contributed by atoms with Gasteiger partial charge >= 0.3 is 0 Å². The van der Waals surface area contributed by atoms with Crippen LogP contribution in [0, 0.1) is 5.92 Å². The average molecular weight is 313 g/mol. The molecular formula is C14H23N3O3S. The Labute approximate surface area is 126 Å². The van der Waals surface area contributed by atoms with Crippen LogP contribution >= 0.6 is 0 Å². The molecule has 7 heteroatoms. The van der Waals surface area contributed by atoms with E-state index in [0.29, 0.717) is 5.69 Å². The average Bonchev–Trinajstić information content (AvgIpc) is 2.45. The molecule has 2 atom stereocenters. The molecule has 0 bridgehead atoms. The Morgan fingerprint density at radius 2 is 2.00 bits per heavy atom. The Kier molecular flexibility index (Phi) is 5.88. The van der Waals surface area contributed by atoms with Crippen LogP contribution in [0.3, 0.4) is 0 Å². The third-order valence-electron chi connectivity index (χ3n) is 3.44. The molecule has 0 heterocycles. The van der Waals surface area contributed by atoms with E-state index in [1.165, 1.54) is 26.2 Å². The predicted molar refractivity (Wildman–Crippen MR) is 83.4 cm³/mol. The molecule has 1 aromatic rings. The van der Waals surface area contributed by atoms with Gasteiger partial charge in [-0.2, -0.15) is 0 Å². The van der Waals surface area contributed by atoms with Crippen molar-refractivity contribution in [2.45, 2.75) is 31.2 Å². The predicted octanol–water partition coefficient (Wildman–Crippen LogP) is 1.25. The Morgan fingerprint density at radius 3 is 2.52 bits per heavy atom. The zero-order valence-electron chi connectivity index (χ0n) is 12.8. The zero-order chi connectivity index (χ0) is 16.2. The molecule has 1 unspecified atom stereocenters. The molecule has 0 saturated carbocycles. The summed E-state index contributed by atoms with van der Waals surface area (Å²) in [4.78, 5) is 12.1. The lowest BCUT2D eigenvalue weighted by Crippen LogP contribution is -2.40. The maximum atomic E-state index is 12.0. The molecule has 118 valence electrons. The van der Waals surface area contributed by atoms with Crippen molar-refractivity contribution in [2.24, 2.45) is 11.7 Å². The van der Waals surface area contributed by atoms with Gasteiger partial charge in [-0.1, -0.05) is 26.3 Å². The fourth-order valence-corrected chi connectivity index (χ4v) is 2.63. The van der Waals surface area contributed by atoms with Crippen LogP contribution in [-0.4, -0.2) is 38.8 Å². The number of carbonyl (C=O) groups is 1. The Balaban J connectivity index is 2.95. The van der Waals surface area contributed by atoms with E-state index in [0.717, 1.165) is 10.7 Å². The SMILES string of the molecule is CCC(C)[C@H](N)C(=O)Nc1cccc(S(=O)(=O)N(C)C)c1. The summed E-state index contributed by atoms with van der Waals surface area (Å²) in [5.41, 5.74) is 6.27. The van der Waals surface area contributed by atoms with Crippen LogP contribution in [0.25, 0.3) is 0 Å². The minimum absolute atomic E-state index is 0.0543. The first kappa shape index (κ1) is 17.6. The van der Waals surface area contributed by atoms with Crippen molar-refractivity contribution in [2.75, 3.05) is 19.4 Å². The fraction of sp³-hybridized carbons (Fsp3) is 0.500. The third kappa shape index (κ3) is 4.26. The minimum atomic E-state index is -3.53. The molecule has 0 aliphatic carbocycles. The standard InChI is InChI=1S/C14H23N3O3S/c1-5-10(2)13(15)14(18)16-11-7-6-8-12(9-11)21(19,20)17(3)4/h6-10,13H,5,15H2,1-4H3,(H,16,18)/t10?,13-/m0/s1. The van der Waals surface area contributed by atoms with E-state index in [1.54, 1.807) is 12.1 Å². The van der Waals surface area contributed by atoms with Crippen molar-refractivity contribution in [1.29, 1.82) is 0 Å². The van der Waals surface area contributed by atoms with E-state index in [-0.39, 0.29) is 16.7 Å². The Morgan fingerprint density at radius 1 is 1.38 bits per heavy atom. The lowest BCUT2D eigenvalue weighted by atomic mass is 9.99. The van der Waals surface area contributed by atoms with Gasteiger partial charge in [0.15, 0.2) is 0 Å². The van der Waals surface area contributed by atoms with Crippen molar-refractivity contribution < 1.29 is 13.2 Å². The molecule has 1 aromatic carbocycles. The van der Waals surface area contributed by atoms with E-state index >= 15 is 0 Å². The van der Waals surface area contributed by atoms with Gasteiger partial charge in [-0.05, 0) is 24.1 Å². The van der Waals surface area contributed by atoms with Gasteiger partial charge in [-0.3, -0.25) is 4.79 Å². The summed E-state index contributed by atoms with van der Waals surface area (Å²) in [6.45, 7) is 3.86. The lowest BCUT2D eigenvalue weighted by molar-refractivity contribution is -0.118.